The minimum Gasteiger partial charge on any atom is -0.322 e. The molecule has 0 aromatic rings. The highest BCUT2D eigenvalue weighted by Crippen LogP contribution is 2.29. The number of carbonyl (C=O) groups is 3. The van der Waals surface area contributed by atoms with Crippen molar-refractivity contribution in [1.29, 1.82) is 0 Å². The average molecular weight is 274 g/mol. The van der Waals surface area contributed by atoms with Crippen LogP contribution >= 0.6 is 0 Å². The number of nitrogens with one attached hydrogen (secondary N) is 1. The van der Waals surface area contributed by atoms with Crippen molar-refractivity contribution in [3.63, 3.8) is 0 Å². The lowest BCUT2D eigenvalue weighted by molar-refractivity contribution is -0.142. The number of hydrogen-bond donors (Lipinski definition) is 1. The van der Waals surface area contributed by atoms with Crippen molar-refractivity contribution in [2.24, 2.45) is 0 Å². The molecule has 1 atom stereocenters. The van der Waals surface area contributed by atoms with Crippen LogP contribution in [0.25, 0.3) is 0 Å². The molecule has 0 radical (unpaired) electrons. The molecule has 1 saturated heterocycles. The van der Waals surface area contributed by atoms with Gasteiger partial charge in [-0.1, -0.05) is 18.7 Å². The van der Waals surface area contributed by atoms with Crippen molar-refractivity contribution in [1.82, 2.24) is 10.2 Å². The summed E-state index contributed by atoms with van der Waals surface area (Å²) in [6.07, 6.45) is 4.11. The first-order valence-corrected chi connectivity index (χ1v) is 6.63. The zero-order valence-electron chi connectivity index (χ0n) is 11.7. The van der Waals surface area contributed by atoms with E-state index >= 15 is 0 Å². The Morgan fingerprint density at radius 3 is 2.65 bits per heavy atom. The summed E-state index contributed by atoms with van der Waals surface area (Å²) in [4.78, 5) is 37.0. The molecule has 2 aliphatic rings. The molecule has 1 N–H and O–H groups in total. The first-order valence-electron chi connectivity index (χ1n) is 6.63. The SMILES string of the molecule is C=CC1=C(/C(C)=C\C)CN(C2CCC(=O)NC2=O)C1=O. The first-order chi connectivity index (χ1) is 9.49. The number of hydrogen-bond acceptors (Lipinski definition) is 3. The maximum atomic E-state index is 12.4. The van der Waals surface area contributed by atoms with Gasteiger partial charge in [0.15, 0.2) is 0 Å². The molecule has 5 heteroatoms. The fraction of sp³-hybridized carbons (Fsp3) is 0.400. The van der Waals surface area contributed by atoms with Gasteiger partial charge in [0, 0.05) is 18.5 Å². The monoisotopic (exact) mass is 274 g/mol. The van der Waals surface area contributed by atoms with E-state index in [1.54, 1.807) is 0 Å². The molecule has 2 rings (SSSR count). The molecule has 0 aliphatic carbocycles. The van der Waals surface area contributed by atoms with Crippen LogP contribution in [-0.4, -0.2) is 35.2 Å². The Morgan fingerprint density at radius 1 is 1.40 bits per heavy atom. The molecule has 20 heavy (non-hydrogen) atoms. The molecule has 1 unspecified atom stereocenters. The quantitative estimate of drug-likeness (QED) is 0.783. The highest BCUT2D eigenvalue weighted by Gasteiger charge is 2.39. The smallest absolute Gasteiger partial charge is 0.255 e. The predicted octanol–water partition coefficient (Wildman–Crippen LogP) is 1.08. The van der Waals surface area contributed by atoms with Gasteiger partial charge >= 0.3 is 0 Å². The van der Waals surface area contributed by atoms with Crippen LogP contribution < -0.4 is 5.32 Å². The number of piperidine rings is 1. The molecule has 0 aromatic carbocycles. The Labute approximate surface area is 118 Å². The summed E-state index contributed by atoms with van der Waals surface area (Å²) in [5.41, 5.74) is 2.45. The topological polar surface area (TPSA) is 66.5 Å². The molecule has 0 saturated carbocycles. The number of imide groups is 1. The van der Waals surface area contributed by atoms with Crippen molar-refractivity contribution in [3.8, 4) is 0 Å². The summed E-state index contributed by atoms with van der Waals surface area (Å²) < 4.78 is 0. The minimum absolute atomic E-state index is 0.189. The zero-order chi connectivity index (χ0) is 14.9. The lowest BCUT2D eigenvalue weighted by Gasteiger charge is -2.29. The van der Waals surface area contributed by atoms with Gasteiger partial charge in [0.25, 0.3) is 5.91 Å². The van der Waals surface area contributed by atoms with Crippen LogP contribution in [0.15, 0.2) is 35.5 Å². The fourth-order valence-corrected chi connectivity index (χ4v) is 2.56. The third kappa shape index (κ3) is 2.31. The van der Waals surface area contributed by atoms with E-state index in [9.17, 15) is 14.4 Å². The zero-order valence-corrected chi connectivity index (χ0v) is 11.7. The van der Waals surface area contributed by atoms with Gasteiger partial charge in [-0.3, -0.25) is 19.7 Å². The third-order valence-electron chi connectivity index (χ3n) is 3.84. The normalized spacial score (nSPS) is 24.3. The van der Waals surface area contributed by atoms with E-state index in [0.717, 1.165) is 11.1 Å². The summed E-state index contributed by atoms with van der Waals surface area (Å²) in [6, 6.07) is -0.572. The number of rotatable bonds is 3. The van der Waals surface area contributed by atoms with E-state index in [4.69, 9.17) is 0 Å². The molecule has 0 aromatic heterocycles. The van der Waals surface area contributed by atoms with Crippen LogP contribution in [0.3, 0.4) is 0 Å². The highest BCUT2D eigenvalue weighted by atomic mass is 16.2. The van der Waals surface area contributed by atoms with E-state index in [0.29, 0.717) is 18.5 Å². The third-order valence-corrected chi connectivity index (χ3v) is 3.84. The van der Waals surface area contributed by atoms with Crippen LogP contribution in [0.5, 0.6) is 0 Å². The largest absolute Gasteiger partial charge is 0.322 e. The Bertz CT molecular complexity index is 557. The molecule has 0 spiro atoms. The Hall–Kier alpha value is -2.17. The Morgan fingerprint density at radius 2 is 2.10 bits per heavy atom. The van der Waals surface area contributed by atoms with Gasteiger partial charge in [0.05, 0.1) is 0 Å². The summed E-state index contributed by atoms with van der Waals surface area (Å²) in [5.74, 6) is -0.859. The van der Waals surface area contributed by atoms with E-state index in [1.165, 1.54) is 11.0 Å². The average Bonchev–Trinajstić information content (AvgIpc) is 2.75. The van der Waals surface area contributed by atoms with E-state index in [-0.39, 0.29) is 18.2 Å². The maximum absolute atomic E-state index is 12.4. The second-order valence-corrected chi connectivity index (χ2v) is 4.97. The van der Waals surface area contributed by atoms with Crippen molar-refractivity contribution in [2.75, 3.05) is 6.54 Å². The molecule has 1 fully saturated rings. The molecule has 0 bridgehead atoms. The standard InChI is InChI=1S/C15H18N2O3/c1-4-9(3)11-8-17(15(20)10(11)5-2)12-6-7-13(18)16-14(12)19/h4-5,12H,2,6-8H2,1,3H3,(H,16,18,19)/b9-4-. The van der Waals surface area contributed by atoms with Gasteiger partial charge in [-0.25, -0.2) is 0 Å². The summed E-state index contributed by atoms with van der Waals surface area (Å²) in [7, 11) is 0. The maximum Gasteiger partial charge on any atom is 0.255 e. The van der Waals surface area contributed by atoms with Gasteiger partial charge in [0.2, 0.25) is 11.8 Å². The van der Waals surface area contributed by atoms with Gasteiger partial charge < -0.3 is 4.90 Å². The Balaban J connectivity index is 2.26. The van der Waals surface area contributed by atoms with Crippen molar-refractivity contribution in [2.45, 2.75) is 32.7 Å². The number of allylic oxidation sites excluding steroid dienone is 1. The molecule has 5 nitrogen and oxygen atoms in total. The van der Waals surface area contributed by atoms with Gasteiger partial charge in [0.1, 0.15) is 6.04 Å². The van der Waals surface area contributed by atoms with Crippen molar-refractivity contribution >= 4 is 17.7 Å². The van der Waals surface area contributed by atoms with Crippen LogP contribution in [0.1, 0.15) is 26.7 Å². The van der Waals surface area contributed by atoms with Gasteiger partial charge in [-0.2, -0.15) is 0 Å². The molecule has 2 aliphatic heterocycles. The van der Waals surface area contributed by atoms with Crippen molar-refractivity contribution < 1.29 is 14.4 Å². The summed E-state index contributed by atoms with van der Waals surface area (Å²) >= 11 is 0. The molecule has 106 valence electrons. The van der Waals surface area contributed by atoms with E-state index < -0.39 is 11.9 Å². The molecule has 3 amide bonds. The van der Waals surface area contributed by atoms with Crippen LogP contribution in [0.2, 0.25) is 0 Å². The predicted molar refractivity (Wildman–Crippen MR) is 74.5 cm³/mol. The molecular weight excluding hydrogens is 256 g/mol. The van der Waals surface area contributed by atoms with E-state index in [2.05, 4.69) is 11.9 Å². The second-order valence-electron chi connectivity index (χ2n) is 4.97. The second kappa shape index (κ2) is 5.45. The summed E-state index contributed by atoms with van der Waals surface area (Å²) in [5, 5.41) is 2.29. The highest BCUT2D eigenvalue weighted by molar-refractivity contribution is 6.06. The lowest BCUT2D eigenvalue weighted by atomic mass is 10.0. The lowest BCUT2D eigenvalue weighted by Crippen LogP contribution is -2.53. The summed E-state index contributed by atoms with van der Waals surface area (Å²) in [6.45, 7) is 7.91. The van der Waals surface area contributed by atoms with Gasteiger partial charge in [-0.05, 0) is 31.4 Å². The molecular formula is C15H18N2O3. The van der Waals surface area contributed by atoms with Crippen LogP contribution in [0.4, 0.5) is 0 Å². The number of nitrogens with zero attached hydrogens (tertiary/aromatic N) is 1. The first kappa shape index (κ1) is 14.2. The van der Waals surface area contributed by atoms with Gasteiger partial charge in [-0.15, -0.1) is 0 Å². The fourth-order valence-electron chi connectivity index (χ4n) is 2.56. The van der Waals surface area contributed by atoms with Crippen molar-refractivity contribution in [3.05, 3.63) is 35.5 Å². The van der Waals surface area contributed by atoms with Crippen LogP contribution in [0, 0.1) is 0 Å². The van der Waals surface area contributed by atoms with Crippen LogP contribution in [-0.2, 0) is 14.4 Å². The Kier molecular flexibility index (Phi) is 3.88. The molecule has 2 heterocycles. The van der Waals surface area contributed by atoms with E-state index in [1.807, 2.05) is 19.9 Å². The number of amides is 3. The number of carbonyl (C=O) groups excluding carboxylic acids is 3. The minimum atomic E-state index is -0.572.